The minimum absolute atomic E-state index is 0.0994. The van der Waals surface area contributed by atoms with E-state index >= 15 is 0 Å². The molecule has 0 bridgehead atoms. The van der Waals surface area contributed by atoms with E-state index in [0.717, 1.165) is 0 Å². The van der Waals surface area contributed by atoms with Crippen molar-refractivity contribution < 1.29 is 24.1 Å². The SMILES string of the molecule is O=C1OC(CO)CN1c1ccc(NCCO)c(F)c1. The summed E-state index contributed by atoms with van der Waals surface area (Å²) in [6, 6.07) is 4.27. The molecule has 0 radical (unpaired) electrons. The summed E-state index contributed by atoms with van der Waals surface area (Å²) in [5.74, 6) is -0.522. The number of carbonyl (C=O) groups excluding carboxylic acids is 1. The van der Waals surface area contributed by atoms with Crippen molar-refractivity contribution in [2.45, 2.75) is 6.10 Å². The predicted molar refractivity (Wildman–Crippen MR) is 66.7 cm³/mol. The lowest BCUT2D eigenvalue weighted by Gasteiger charge is -2.14. The van der Waals surface area contributed by atoms with Crippen LogP contribution >= 0.6 is 0 Å². The van der Waals surface area contributed by atoms with Crippen molar-refractivity contribution in [1.82, 2.24) is 0 Å². The van der Waals surface area contributed by atoms with Crippen LogP contribution in [0.3, 0.4) is 0 Å². The lowest BCUT2D eigenvalue weighted by Crippen LogP contribution is -2.25. The van der Waals surface area contributed by atoms with Crippen LogP contribution in [0, 0.1) is 5.82 Å². The third-order valence-corrected chi connectivity index (χ3v) is 2.77. The number of aliphatic hydroxyl groups is 2. The van der Waals surface area contributed by atoms with Gasteiger partial charge in [-0.25, -0.2) is 9.18 Å². The monoisotopic (exact) mass is 270 g/mol. The Morgan fingerprint density at radius 2 is 2.26 bits per heavy atom. The van der Waals surface area contributed by atoms with Crippen molar-refractivity contribution >= 4 is 17.5 Å². The summed E-state index contributed by atoms with van der Waals surface area (Å²) in [4.78, 5) is 12.8. The molecule has 1 atom stereocenters. The number of rotatable bonds is 5. The highest BCUT2D eigenvalue weighted by Crippen LogP contribution is 2.25. The molecule has 6 nitrogen and oxygen atoms in total. The molecule has 1 fully saturated rings. The van der Waals surface area contributed by atoms with Crippen LogP contribution in [0.1, 0.15) is 0 Å². The third-order valence-electron chi connectivity index (χ3n) is 2.77. The lowest BCUT2D eigenvalue weighted by atomic mass is 10.2. The fourth-order valence-electron chi connectivity index (χ4n) is 1.83. The first-order valence-corrected chi connectivity index (χ1v) is 5.89. The van der Waals surface area contributed by atoms with Gasteiger partial charge in [0.2, 0.25) is 0 Å². The highest BCUT2D eigenvalue weighted by atomic mass is 19.1. The molecule has 1 heterocycles. The smallest absolute Gasteiger partial charge is 0.414 e. The minimum Gasteiger partial charge on any atom is -0.441 e. The Morgan fingerprint density at radius 1 is 1.47 bits per heavy atom. The molecular weight excluding hydrogens is 255 g/mol. The number of hydrogen-bond acceptors (Lipinski definition) is 5. The second kappa shape index (κ2) is 5.85. The van der Waals surface area contributed by atoms with E-state index in [1.165, 1.54) is 17.0 Å². The largest absolute Gasteiger partial charge is 0.441 e. The Labute approximate surface area is 109 Å². The normalized spacial score (nSPS) is 18.6. The summed E-state index contributed by atoms with van der Waals surface area (Å²) in [5.41, 5.74) is 0.622. The number of anilines is 2. The van der Waals surface area contributed by atoms with Crippen molar-refractivity contribution in [2.24, 2.45) is 0 Å². The molecule has 1 amide bonds. The Balaban J connectivity index is 2.13. The number of halogens is 1. The molecule has 19 heavy (non-hydrogen) atoms. The van der Waals surface area contributed by atoms with Gasteiger partial charge in [-0.05, 0) is 18.2 Å². The number of nitrogens with zero attached hydrogens (tertiary/aromatic N) is 1. The van der Waals surface area contributed by atoms with Crippen molar-refractivity contribution in [3.8, 4) is 0 Å². The molecular formula is C12H15FN2O4. The van der Waals surface area contributed by atoms with Gasteiger partial charge in [-0.15, -0.1) is 0 Å². The number of nitrogens with one attached hydrogen (secondary N) is 1. The summed E-state index contributed by atoms with van der Waals surface area (Å²) in [6.07, 6.45) is -1.18. The van der Waals surface area contributed by atoms with Crippen molar-refractivity contribution in [3.63, 3.8) is 0 Å². The van der Waals surface area contributed by atoms with Gasteiger partial charge in [-0.3, -0.25) is 4.90 Å². The molecule has 0 saturated carbocycles. The molecule has 1 aromatic carbocycles. The Hall–Kier alpha value is -1.86. The lowest BCUT2D eigenvalue weighted by molar-refractivity contribution is 0.0963. The molecule has 1 aliphatic heterocycles. The topological polar surface area (TPSA) is 82.0 Å². The van der Waals surface area contributed by atoms with Crippen LogP contribution in [0.2, 0.25) is 0 Å². The van der Waals surface area contributed by atoms with Gasteiger partial charge >= 0.3 is 6.09 Å². The summed E-state index contributed by atoms with van der Waals surface area (Å²) in [6.45, 7) is 0.0749. The standard InChI is InChI=1S/C12H15FN2O4/c13-10-5-8(1-2-11(10)14-3-4-16)15-6-9(7-17)19-12(15)18/h1-2,5,9,14,16-17H,3-4,6-7H2. The molecule has 1 aromatic rings. The number of hydrogen-bond donors (Lipinski definition) is 3. The van der Waals surface area contributed by atoms with Crippen LogP contribution in [0.4, 0.5) is 20.6 Å². The maximum atomic E-state index is 13.8. The van der Waals surface area contributed by atoms with Gasteiger partial charge in [0.05, 0.1) is 31.1 Å². The molecule has 1 unspecified atom stereocenters. The zero-order valence-corrected chi connectivity index (χ0v) is 10.2. The van der Waals surface area contributed by atoms with Gasteiger partial charge in [0, 0.05) is 6.54 Å². The van der Waals surface area contributed by atoms with E-state index in [2.05, 4.69) is 5.32 Å². The molecule has 3 N–H and O–H groups in total. The van der Waals surface area contributed by atoms with Gasteiger partial charge in [0.15, 0.2) is 0 Å². The van der Waals surface area contributed by atoms with E-state index in [1.54, 1.807) is 6.07 Å². The second-order valence-corrected chi connectivity index (χ2v) is 4.11. The zero-order valence-electron chi connectivity index (χ0n) is 10.2. The second-order valence-electron chi connectivity index (χ2n) is 4.11. The van der Waals surface area contributed by atoms with E-state index < -0.39 is 18.0 Å². The number of benzene rings is 1. The van der Waals surface area contributed by atoms with Crippen LogP contribution in [-0.2, 0) is 4.74 Å². The number of amides is 1. The first-order valence-electron chi connectivity index (χ1n) is 5.89. The first kappa shape index (κ1) is 13.6. The van der Waals surface area contributed by atoms with Gasteiger partial charge in [-0.2, -0.15) is 0 Å². The van der Waals surface area contributed by atoms with Crippen molar-refractivity contribution in [2.75, 3.05) is 36.5 Å². The van der Waals surface area contributed by atoms with E-state index in [-0.39, 0.29) is 32.0 Å². The number of ether oxygens (including phenoxy) is 1. The van der Waals surface area contributed by atoms with Gasteiger partial charge in [0.25, 0.3) is 0 Å². The van der Waals surface area contributed by atoms with Crippen LogP contribution in [0.25, 0.3) is 0 Å². The van der Waals surface area contributed by atoms with E-state index in [4.69, 9.17) is 14.9 Å². The summed E-state index contributed by atoms with van der Waals surface area (Å²) in [5, 5.41) is 20.3. The summed E-state index contributed by atoms with van der Waals surface area (Å²) in [7, 11) is 0. The highest BCUT2D eigenvalue weighted by molar-refractivity contribution is 5.90. The van der Waals surface area contributed by atoms with Gasteiger partial charge < -0.3 is 20.3 Å². The van der Waals surface area contributed by atoms with E-state index in [0.29, 0.717) is 5.69 Å². The number of carbonyl (C=O) groups is 1. The number of aliphatic hydroxyl groups excluding tert-OH is 2. The van der Waals surface area contributed by atoms with Crippen molar-refractivity contribution in [1.29, 1.82) is 0 Å². The van der Waals surface area contributed by atoms with E-state index in [1.807, 2.05) is 0 Å². The minimum atomic E-state index is -0.602. The van der Waals surface area contributed by atoms with E-state index in [9.17, 15) is 9.18 Å². The fourth-order valence-corrected chi connectivity index (χ4v) is 1.83. The molecule has 104 valence electrons. The third kappa shape index (κ3) is 2.94. The number of cyclic esters (lactones) is 1. The highest BCUT2D eigenvalue weighted by Gasteiger charge is 2.32. The van der Waals surface area contributed by atoms with Gasteiger partial charge in [0.1, 0.15) is 11.9 Å². The first-order chi connectivity index (χ1) is 9.15. The average molecular weight is 270 g/mol. The summed E-state index contributed by atoms with van der Waals surface area (Å²) < 4.78 is 18.6. The Morgan fingerprint density at radius 3 is 2.84 bits per heavy atom. The predicted octanol–water partition coefficient (Wildman–Crippen LogP) is 0.547. The maximum Gasteiger partial charge on any atom is 0.414 e. The van der Waals surface area contributed by atoms with Crippen LogP contribution in [-0.4, -0.2) is 48.7 Å². The van der Waals surface area contributed by atoms with Crippen LogP contribution in [0.15, 0.2) is 18.2 Å². The Kier molecular flexibility index (Phi) is 4.18. The quantitative estimate of drug-likeness (QED) is 0.728. The maximum absolute atomic E-state index is 13.8. The zero-order chi connectivity index (χ0) is 13.8. The molecule has 1 aliphatic rings. The van der Waals surface area contributed by atoms with Crippen LogP contribution < -0.4 is 10.2 Å². The molecule has 0 aliphatic carbocycles. The van der Waals surface area contributed by atoms with Crippen molar-refractivity contribution in [3.05, 3.63) is 24.0 Å². The van der Waals surface area contributed by atoms with Gasteiger partial charge in [-0.1, -0.05) is 0 Å². The molecule has 0 spiro atoms. The Bertz CT molecular complexity index is 469. The summed E-state index contributed by atoms with van der Waals surface area (Å²) >= 11 is 0. The molecule has 1 saturated heterocycles. The molecule has 2 rings (SSSR count). The average Bonchev–Trinajstić information content (AvgIpc) is 2.78. The molecule has 7 heteroatoms. The molecule has 0 aromatic heterocycles. The fraction of sp³-hybridized carbons (Fsp3) is 0.417. The van der Waals surface area contributed by atoms with Crippen LogP contribution in [0.5, 0.6) is 0 Å².